The van der Waals surface area contributed by atoms with Crippen LogP contribution in [0.4, 0.5) is 4.79 Å². The Bertz CT molecular complexity index is 617. The maximum Gasteiger partial charge on any atom is 0.408 e. The molecule has 1 amide bonds. The van der Waals surface area contributed by atoms with E-state index in [1.165, 1.54) is 0 Å². The number of sulfonamides is 1. The summed E-state index contributed by atoms with van der Waals surface area (Å²) in [5.74, 6) is 0.703. The second-order valence-corrected chi connectivity index (χ2v) is 9.98. The van der Waals surface area contributed by atoms with Gasteiger partial charge in [-0.2, -0.15) is 0 Å². The molecule has 0 rings (SSSR count). The van der Waals surface area contributed by atoms with Gasteiger partial charge >= 0.3 is 6.09 Å². The Kier molecular flexibility index (Phi) is 15.7. The maximum atomic E-state index is 12.2. The predicted octanol–water partition coefficient (Wildman–Crippen LogP) is 2.57. The summed E-state index contributed by atoms with van der Waals surface area (Å²) in [5.41, 5.74) is -1.06. The van der Waals surface area contributed by atoms with Crippen LogP contribution in [0.2, 0.25) is 0 Å². The first-order chi connectivity index (χ1) is 13.4. The average molecular weight is 564 g/mol. The number of amides is 1. The molecule has 11 heteroatoms. The number of hydrogen-bond donors (Lipinski definition) is 4. The molecule has 0 radical (unpaired) electrons. The van der Waals surface area contributed by atoms with Crippen molar-refractivity contribution in [1.29, 1.82) is 0 Å². The Labute approximate surface area is 200 Å². The summed E-state index contributed by atoms with van der Waals surface area (Å²) in [7, 11) is -3.17. The van der Waals surface area contributed by atoms with E-state index in [9.17, 15) is 13.2 Å². The van der Waals surface area contributed by atoms with Crippen molar-refractivity contribution in [3.8, 4) is 0 Å². The molecule has 0 spiro atoms. The van der Waals surface area contributed by atoms with Crippen molar-refractivity contribution in [2.75, 3.05) is 31.9 Å². The molecule has 4 N–H and O–H groups in total. The summed E-state index contributed by atoms with van der Waals surface area (Å²) >= 11 is 0. The standard InChI is InChI=1S/C19H41N5O4S.HI/c1-8-19(9-2,24-17(25)28-18(5,6)7)15-22-16(20-10-3)21-13-12-14-23-29(26,27)11-4;/h23H,8-15H2,1-7H3,(H,24,25)(H2,20,21,22);1H. The molecule has 0 aromatic heterocycles. The van der Waals surface area contributed by atoms with Gasteiger partial charge in [0.1, 0.15) is 5.60 Å². The number of nitrogens with one attached hydrogen (secondary N) is 4. The number of ether oxygens (including phenoxy) is 1. The highest BCUT2D eigenvalue weighted by Crippen LogP contribution is 2.17. The van der Waals surface area contributed by atoms with Crippen molar-refractivity contribution >= 4 is 46.1 Å². The lowest BCUT2D eigenvalue weighted by atomic mass is 9.93. The summed E-state index contributed by atoms with van der Waals surface area (Å²) in [6.45, 7) is 15.1. The van der Waals surface area contributed by atoms with Crippen molar-refractivity contribution in [2.24, 2.45) is 4.99 Å². The first-order valence-corrected chi connectivity index (χ1v) is 12.1. The zero-order valence-electron chi connectivity index (χ0n) is 19.6. The SMILES string of the molecule is CCNC(=NCC(CC)(CC)NC(=O)OC(C)(C)C)NCCCNS(=O)(=O)CC.I. The van der Waals surface area contributed by atoms with Crippen LogP contribution in [0.3, 0.4) is 0 Å². The summed E-state index contributed by atoms with van der Waals surface area (Å²) < 4.78 is 30.8. The summed E-state index contributed by atoms with van der Waals surface area (Å²) in [6, 6.07) is 0. The Morgan fingerprint density at radius 1 is 1.00 bits per heavy atom. The molecule has 0 bridgehead atoms. The van der Waals surface area contributed by atoms with Gasteiger partial charge in [0.15, 0.2) is 5.96 Å². The average Bonchev–Trinajstić information content (AvgIpc) is 2.63. The molecule has 0 saturated heterocycles. The van der Waals surface area contributed by atoms with Crippen LogP contribution in [0.1, 0.15) is 67.7 Å². The minimum Gasteiger partial charge on any atom is -0.444 e. The summed E-state index contributed by atoms with van der Waals surface area (Å²) in [6.07, 6.45) is 1.61. The fourth-order valence-corrected chi connectivity index (χ4v) is 3.07. The third kappa shape index (κ3) is 14.2. The normalized spacial score (nSPS) is 12.7. The Hall–Kier alpha value is -0.820. The molecule has 0 atom stereocenters. The fraction of sp³-hybridized carbons (Fsp3) is 0.895. The predicted molar refractivity (Wildman–Crippen MR) is 134 cm³/mol. The Balaban J connectivity index is 0. The van der Waals surface area contributed by atoms with Crippen molar-refractivity contribution < 1.29 is 17.9 Å². The van der Waals surface area contributed by atoms with Gasteiger partial charge in [-0.25, -0.2) is 17.9 Å². The number of hydrogen-bond acceptors (Lipinski definition) is 5. The second-order valence-electron chi connectivity index (χ2n) is 7.89. The zero-order valence-corrected chi connectivity index (χ0v) is 22.7. The van der Waals surface area contributed by atoms with Gasteiger partial charge in [-0.05, 0) is 53.9 Å². The van der Waals surface area contributed by atoms with E-state index in [0.717, 1.165) is 0 Å². The van der Waals surface area contributed by atoms with E-state index in [0.29, 0.717) is 51.4 Å². The van der Waals surface area contributed by atoms with E-state index in [4.69, 9.17) is 4.74 Å². The van der Waals surface area contributed by atoms with Crippen LogP contribution in [0.5, 0.6) is 0 Å². The van der Waals surface area contributed by atoms with Gasteiger partial charge in [0.05, 0.1) is 17.8 Å². The molecule has 9 nitrogen and oxygen atoms in total. The second kappa shape index (κ2) is 15.1. The van der Waals surface area contributed by atoms with E-state index in [2.05, 4.69) is 25.7 Å². The molecular formula is C19H42IN5O4S. The van der Waals surface area contributed by atoms with Gasteiger partial charge in [0.25, 0.3) is 0 Å². The van der Waals surface area contributed by atoms with E-state index < -0.39 is 27.3 Å². The Morgan fingerprint density at radius 3 is 2.07 bits per heavy atom. The lowest BCUT2D eigenvalue weighted by molar-refractivity contribution is 0.0452. The molecule has 0 fully saturated rings. The van der Waals surface area contributed by atoms with Crippen molar-refractivity contribution in [3.05, 3.63) is 0 Å². The molecule has 0 aliphatic rings. The first-order valence-electron chi connectivity index (χ1n) is 10.4. The van der Waals surface area contributed by atoms with Crippen LogP contribution < -0.4 is 20.7 Å². The van der Waals surface area contributed by atoms with Gasteiger partial charge < -0.3 is 20.7 Å². The topological polar surface area (TPSA) is 121 Å². The number of alkyl carbamates (subject to hydrolysis) is 1. The van der Waals surface area contributed by atoms with E-state index >= 15 is 0 Å². The number of aliphatic imine (C=N–C) groups is 1. The number of carbonyl (C=O) groups excluding carboxylic acids is 1. The molecule has 0 aliphatic heterocycles. The Morgan fingerprint density at radius 2 is 1.60 bits per heavy atom. The van der Waals surface area contributed by atoms with Gasteiger partial charge in [0.2, 0.25) is 10.0 Å². The first kappa shape index (κ1) is 31.4. The molecule has 0 saturated carbocycles. The molecule has 0 unspecified atom stereocenters. The smallest absolute Gasteiger partial charge is 0.408 e. The number of halogens is 1. The minimum absolute atomic E-state index is 0. The third-order valence-electron chi connectivity index (χ3n) is 4.35. The van der Waals surface area contributed by atoms with Crippen LogP contribution in [0.25, 0.3) is 0 Å². The highest BCUT2D eigenvalue weighted by atomic mass is 127. The van der Waals surface area contributed by atoms with E-state index in [1.54, 1.807) is 6.92 Å². The summed E-state index contributed by atoms with van der Waals surface area (Å²) in [4.78, 5) is 16.9. The van der Waals surface area contributed by atoms with Crippen LogP contribution in [-0.4, -0.2) is 63.5 Å². The van der Waals surface area contributed by atoms with Crippen LogP contribution in [0.15, 0.2) is 4.99 Å². The molecule has 0 aromatic rings. The molecular weight excluding hydrogens is 521 g/mol. The largest absolute Gasteiger partial charge is 0.444 e. The maximum absolute atomic E-state index is 12.2. The zero-order chi connectivity index (χ0) is 22.6. The van der Waals surface area contributed by atoms with Gasteiger partial charge in [-0.1, -0.05) is 13.8 Å². The number of guanidine groups is 1. The van der Waals surface area contributed by atoms with Crippen LogP contribution in [0, 0.1) is 0 Å². The molecule has 0 aliphatic carbocycles. The third-order valence-corrected chi connectivity index (χ3v) is 5.76. The number of nitrogens with zero attached hydrogens (tertiary/aromatic N) is 1. The lowest BCUT2D eigenvalue weighted by Crippen LogP contribution is -2.52. The fourth-order valence-electron chi connectivity index (χ4n) is 2.41. The van der Waals surface area contributed by atoms with Crippen LogP contribution >= 0.6 is 24.0 Å². The van der Waals surface area contributed by atoms with Crippen molar-refractivity contribution in [3.63, 3.8) is 0 Å². The van der Waals surface area contributed by atoms with E-state index in [-0.39, 0.29) is 29.7 Å². The van der Waals surface area contributed by atoms with Crippen molar-refractivity contribution in [1.82, 2.24) is 20.7 Å². The minimum atomic E-state index is -3.17. The molecule has 0 heterocycles. The monoisotopic (exact) mass is 563 g/mol. The highest BCUT2D eigenvalue weighted by Gasteiger charge is 2.30. The van der Waals surface area contributed by atoms with E-state index in [1.807, 2.05) is 41.5 Å². The van der Waals surface area contributed by atoms with Crippen LogP contribution in [-0.2, 0) is 14.8 Å². The van der Waals surface area contributed by atoms with Gasteiger partial charge in [0, 0.05) is 19.6 Å². The number of carbonyl (C=O) groups is 1. The highest BCUT2D eigenvalue weighted by molar-refractivity contribution is 14.0. The molecule has 180 valence electrons. The summed E-state index contributed by atoms with van der Waals surface area (Å²) in [5, 5.41) is 9.35. The number of rotatable bonds is 12. The molecule has 0 aromatic carbocycles. The quantitative estimate of drug-likeness (QED) is 0.125. The van der Waals surface area contributed by atoms with Gasteiger partial charge in [-0.3, -0.25) is 4.99 Å². The van der Waals surface area contributed by atoms with Gasteiger partial charge in [-0.15, -0.1) is 24.0 Å². The van der Waals surface area contributed by atoms with Crippen molar-refractivity contribution in [2.45, 2.75) is 78.9 Å². The molecule has 30 heavy (non-hydrogen) atoms. The lowest BCUT2D eigenvalue weighted by Gasteiger charge is -2.32.